The third-order valence-electron chi connectivity index (χ3n) is 5.10. The molecule has 1 atom stereocenters. The second-order valence-corrected chi connectivity index (χ2v) is 7.19. The van der Waals surface area contributed by atoms with Gasteiger partial charge in [0.1, 0.15) is 11.6 Å². The lowest BCUT2D eigenvalue weighted by Gasteiger charge is -2.45. The van der Waals surface area contributed by atoms with Crippen molar-refractivity contribution in [2.45, 2.75) is 12.1 Å². The van der Waals surface area contributed by atoms with E-state index in [1.807, 2.05) is 42.5 Å². The summed E-state index contributed by atoms with van der Waals surface area (Å²) in [5, 5.41) is 12.3. The van der Waals surface area contributed by atoms with Crippen LogP contribution in [-0.2, 0) is 0 Å². The molecule has 0 bridgehead atoms. The lowest BCUT2D eigenvalue weighted by atomic mass is 9.92. The standard InChI is InChI=1S/C23H20F2N2O2/c24-18-10-19(25)12-20(11-18)26-21-13-27(14-21)22(15-4-2-1-3-5-15)16-6-8-17(9-7-16)23(28)29/h1-12,21-22,26H,13-14H2,(H,28,29)/t22-/m0/s1. The Morgan fingerprint density at radius 3 is 2.10 bits per heavy atom. The van der Waals surface area contributed by atoms with E-state index in [9.17, 15) is 13.6 Å². The summed E-state index contributed by atoms with van der Waals surface area (Å²) in [5.74, 6) is -2.17. The van der Waals surface area contributed by atoms with E-state index in [4.69, 9.17) is 5.11 Å². The zero-order valence-electron chi connectivity index (χ0n) is 15.6. The molecule has 1 fully saturated rings. The summed E-state index contributed by atoms with van der Waals surface area (Å²) in [6.07, 6.45) is 0. The summed E-state index contributed by atoms with van der Waals surface area (Å²) >= 11 is 0. The van der Waals surface area contributed by atoms with Crippen LogP contribution in [0.1, 0.15) is 27.5 Å². The number of carboxylic acid groups (broad SMARTS) is 1. The van der Waals surface area contributed by atoms with Gasteiger partial charge in [0.2, 0.25) is 0 Å². The normalized spacial score (nSPS) is 15.5. The Kier molecular flexibility index (Phi) is 5.27. The van der Waals surface area contributed by atoms with E-state index in [2.05, 4.69) is 10.2 Å². The Labute approximate surface area is 167 Å². The topological polar surface area (TPSA) is 52.6 Å². The van der Waals surface area contributed by atoms with Crippen molar-refractivity contribution in [2.24, 2.45) is 0 Å². The van der Waals surface area contributed by atoms with Crippen LogP contribution in [0.3, 0.4) is 0 Å². The third-order valence-corrected chi connectivity index (χ3v) is 5.10. The van der Waals surface area contributed by atoms with E-state index in [1.54, 1.807) is 12.1 Å². The van der Waals surface area contributed by atoms with Crippen molar-refractivity contribution < 1.29 is 18.7 Å². The van der Waals surface area contributed by atoms with Crippen LogP contribution in [0, 0.1) is 11.6 Å². The number of hydrogen-bond donors (Lipinski definition) is 2. The first-order chi connectivity index (χ1) is 14.0. The Morgan fingerprint density at radius 2 is 1.52 bits per heavy atom. The first-order valence-corrected chi connectivity index (χ1v) is 9.34. The van der Waals surface area contributed by atoms with Crippen LogP contribution < -0.4 is 5.32 Å². The third kappa shape index (κ3) is 4.27. The van der Waals surface area contributed by atoms with Crippen LogP contribution in [0.4, 0.5) is 14.5 Å². The number of halogens is 2. The number of benzene rings is 3. The minimum Gasteiger partial charge on any atom is -0.478 e. The van der Waals surface area contributed by atoms with Gasteiger partial charge in [-0.2, -0.15) is 0 Å². The highest BCUT2D eigenvalue weighted by Crippen LogP contribution is 2.33. The first kappa shape index (κ1) is 19.1. The van der Waals surface area contributed by atoms with Gasteiger partial charge in [0.25, 0.3) is 0 Å². The van der Waals surface area contributed by atoms with Gasteiger partial charge in [-0.3, -0.25) is 4.90 Å². The van der Waals surface area contributed by atoms with Crippen molar-refractivity contribution in [3.8, 4) is 0 Å². The summed E-state index contributed by atoms with van der Waals surface area (Å²) in [6, 6.07) is 20.3. The summed E-state index contributed by atoms with van der Waals surface area (Å²) < 4.78 is 26.8. The minimum atomic E-state index is -0.955. The highest BCUT2D eigenvalue weighted by molar-refractivity contribution is 5.87. The van der Waals surface area contributed by atoms with Crippen LogP contribution in [-0.4, -0.2) is 35.1 Å². The number of rotatable bonds is 6. The number of aromatic carboxylic acids is 1. The van der Waals surface area contributed by atoms with Crippen LogP contribution in [0.5, 0.6) is 0 Å². The molecule has 1 aliphatic rings. The number of likely N-dealkylation sites (tertiary alicyclic amines) is 1. The van der Waals surface area contributed by atoms with Crippen LogP contribution in [0.2, 0.25) is 0 Å². The van der Waals surface area contributed by atoms with E-state index in [-0.39, 0.29) is 17.6 Å². The fourth-order valence-electron chi connectivity index (χ4n) is 3.75. The number of anilines is 1. The molecule has 0 aromatic heterocycles. The fourth-order valence-corrected chi connectivity index (χ4v) is 3.75. The van der Waals surface area contributed by atoms with Crippen molar-refractivity contribution in [1.29, 1.82) is 0 Å². The average molecular weight is 394 g/mol. The molecule has 0 radical (unpaired) electrons. The van der Waals surface area contributed by atoms with Gasteiger partial charge in [0, 0.05) is 24.8 Å². The summed E-state index contributed by atoms with van der Waals surface area (Å²) in [6.45, 7) is 1.39. The molecule has 0 saturated carbocycles. The summed E-state index contributed by atoms with van der Waals surface area (Å²) in [5.41, 5.74) is 2.77. The van der Waals surface area contributed by atoms with Gasteiger partial charge in [0.15, 0.2) is 0 Å². The van der Waals surface area contributed by atoms with Crippen molar-refractivity contribution in [3.63, 3.8) is 0 Å². The lowest BCUT2D eigenvalue weighted by Crippen LogP contribution is -2.56. The second-order valence-electron chi connectivity index (χ2n) is 7.19. The van der Waals surface area contributed by atoms with Crippen molar-refractivity contribution >= 4 is 11.7 Å². The predicted octanol–water partition coefficient (Wildman–Crippen LogP) is 4.55. The SMILES string of the molecule is O=C(O)c1ccc([C@H](c2ccccc2)N2CC(Nc3cc(F)cc(F)c3)C2)cc1. The van der Waals surface area contributed by atoms with Gasteiger partial charge in [-0.05, 0) is 35.4 Å². The van der Waals surface area contributed by atoms with E-state index in [0.717, 1.165) is 17.2 Å². The molecule has 6 heteroatoms. The second kappa shape index (κ2) is 8.01. The maximum atomic E-state index is 13.4. The zero-order valence-corrected chi connectivity index (χ0v) is 15.6. The molecule has 0 unspecified atom stereocenters. The first-order valence-electron chi connectivity index (χ1n) is 9.34. The molecule has 0 amide bonds. The van der Waals surface area contributed by atoms with E-state index in [1.165, 1.54) is 12.1 Å². The Hall–Kier alpha value is -3.25. The maximum absolute atomic E-state index is 13.4. The zero-order chi connectivity index (χ0) is 20.4. The highest BCUT2D eigenvalue weighted by Gasteiger charge is 2.34. The van der Waals surface area contributed by atoms with Gasteiger partial charge in [0.05, 0.1) is 17.6 Å². The molecule has 1 aliphatic heterocycles. The smallest absolute Gasteiger partial charge is 0.335 e. The minimum absolute atomic E-state index is 0.0265. The van der Waals surface area contributed by atoms with E-state index >= 15 is 0 Å². The molecule has 148 valence electrons. The molecular formula is C23H20F2N2O2. The molecule has 29 heavy (non-hydrogen) atoms. The van der Waals surface area contributed by atoms with Crippen LogP contribution in [0.25, 0.3) is 0 Å². The molecule has 1 saturated heterocycles. The largest absolute Gasteiger partial charge is 0.478 e. The average Bonchev–Trinajstić information content (AvgIpc) is 2.66. The highest BCUT2D eigenvalue weighted by atomic mass is 19.1. The molecule has 0 spiro atoms. The summed E-state index contributed by atoms with van der Waals surface area (Å²) in [7, 11) is 0. The van der Waals surface area contributed by atoms with Gasteiger partial charge >= 0.3 is 5.97 Å². The Morgan fingerprint density at radius 1 is 0.931 bits per heavy atom. The quantitative estimate of drug-likeness (QED) is 0.644. The van der Waals surface area contributed by atoms with Gasteiger partial charge in [-0.25, -0.2) is 13.6 Å². The number of nitrogens with zero attached hydrogens (tertiary/aromatic N) is 1. The van der Waals surface area contributed by atoms with E-state index < -0.39 is 17.6 Å². The van der Waals surface area contributed by atoms with Crippen LogP contribution >= 0.6 is 0 Å². The van der Waals surface area contributed by atoms with Crippen LogP contribution in [0.15, 0.2) is 72.8 Å². The molecule has 3 aromatic carbocycles. The number of hydrogen-bond acceptors (Lipinski definition) is 3. The van der Waals surface area contributed by atoms with Crippen molar-refractivity contribution in [2.75, 3.05) is 18.4 Å². The Bertz CT molecular complexity index is 983. The molecular weight excluding hydrogens is 374 g/mol. The number of carboxylic acids is 1. The predicted molar refractivity (Wildman–Crippen MR) is 107 cm³/mol. The number of nitrogens with one attached hydrogen (secondary N) is 1. The van der Waals surface area contributed by atoms with E-state index in [0.29, 0.717) is 18.8 Å². The van der Waals surface area contributed by atoms with Gasteiger partial charge in [-0.15, -0.1) is 0 Å². The number of carbonyl (C=O) groups is 1. The van der Waals surface area contributed by atoms with Gasteiger partial charge < -0.3 is 10.4 Å². The fraction of sp³-hybridized carbons (Fsp3) is 0.174. The molecule has 1 heterocycles. The molecule has 3 aromatic rings. The summed E-state index contributed by atoms with van der Waals surface area (Å²) in [4.78, 5) is 13.4. The lowest BCUT2D eigenvalue weighted by molar-refractivity contribution is 0.0696. The van der Waals surface area contributed by atoms with Crippen molar-refractivity contribution in [3.05, 3.63) is 101 Å². The molecule has 4 nitrogen and oxygen atoms in total. The molecule has 4 rings (SSSR count). The monoisotopic (exact) mass is 394 g/mol. The molecule has 0 aliphatic carbocycles. The van der Waals surface area contributed by atoms with Gasteiger partial charge in [-0.1, -0.05) is 42.5 Å². The Balaban J connectivity index is 1.52. The van der Waals surface area contributed by atoms with Crippen molar-refractivity contribution in [1.82, 2.24) is 4.90 Å². The molecule has 2 N–H and O–H groups in total. The maximum Gasteiger partial charge on any atom is 0.335 e.